The number of likely N-dealkylation sites (tertiary alicyclic amines) is 1. The molecule has 1 saturated heterocycles. The normalized spacial score (nSPS) is 16.6. The molecule has 1 fully saturated rings. The third-order valence-electron chi connectivity index (χ3n) is 5.34. The highest BCUT2D eigenvalue weighted by Gasteiger charge is 2.41. The van der Waals surface area contributed by atoms with Gasteiger partial charge >= 0.3 is 0 Å². The Morgan fingerprint density at radius 2 is 1.88 bits per heavy atom. The molecule has 0 radical (unpaired) electrons. The Morgan fingerprint density at radius 1 is 1.16 bits per heavy atom. The molecule has 0 unspecified atom stereocenters. The molecule has 0 spiro atoms. The second-order valence-electron chi connectivity index (χ2n) is 6.79. The van der Waals surface area contributed by atoms with E-state index in [1.54, 1.807) is 19.4 Å². The third kappa shape index (κ3) is 3.81. The van der Waals surface area contributed by atoms with Crippen molar-refractivity contribution in [3.05, 3.63) is 54.6 Å². The summed E-state index contributed by atoms with van der Waals surface area (Å²) in [6.07, 6.45) is 8.19. The summed E-state index contributed by atoms with van der Waals surface area (Å²) in [6, 6.07) is 9.99. The van der Waals surface area contributed by atoms with Crippen molar-refractivity contribution >= 4 is 11.7 Å². The number of piperidine rings is 1. The van der Waals surface area contributed by atoms with Gasteiger partial charge < -0.3 is 9.47 Å². The highest BCUT2D eigenvalue weighted by atomic mass is 16.2. The van der Waals surface area contributed by atoms with E-state index in [1.165, 1.54) is 0 Å². The van der Waals surface area contributed by atoms with Gasteiger partial charge in [0.05, 0.1) is 11.7 Å². The van der Waals surface area contributed by atoms with Crippen LogP contribution in [0.2, 0.25) is 0 Å². The van der Waals surface area contributed by atoms with E-state index < -0.39 is 5.41 Å². The van der Waals surface area contributed by atoms with Gasteiger partial charge in [-0.1, -0.05) is 30.3 Å². The Labute approximate surface area is 148 Å². The van der Waals surface area contributed by atoms with Gasteiger partial charge in [-0.15, -0.1) is 0 Å². The Kier molecular flexibility index (Phi) is 5.31. The average Bonchev–Trinajstić information content (AvgIpc) is 3.15. The van der Waals surface area contributed by atoms with E-state index in [4.69, 9.17) is 0 Å². The minimum atomic E-state index is -0.436. The molecule has 3 rings (SSSR count). The summed E-state index contributed by atoms with van der Waals surface area (Å²) < 4.78 is 1.99. The number of Topliss-reactive ketones (excluding diaryl/α,β-unsaturated/α-hetero) is 1. The van der Waals surface area contributed by atoms with Gasteiger partial charge in [0, 0.05) is 38.4 Å². The van der Waals surface area contributed by atoms with Gasteiger partial charge in [-0.3, -0.25) is 9.59 Å². The smallest absolute Gasteiger partial charge is 0.222 e. The van der Waals surface area contributed by atoms with Crippen molar-refractivity contribution < 1.29 is 9.59 Å². The standard InChI is InChI=1S/C20H25N3O2/c1-17(24)20(18-6-3-2-4-7-18)9-13-23(14-10-20)19(25)8-5-12-22-15-11-21-16-22/h2-4,6-7,11,15-16H,5,8-10,12-14H2,1H3. The molecule has 1 aliphatic heterocycles. The summed E-state index contributed by atoms with van der Waals surface area (Å²) in [5.74, 6) is 0.385. The molecule has 132 valence electrons. The number of benzene rings is 1. The second kappa shape index (κ2) is 7.64. The predicted octanol–water partition coefficient (Wildman–Crippen LogP) is 2.81. The number of ketones is 1. The molecule has 2 heterocycles. The molecule has 1 amide bonds. The predicted molar refractivity (Wildman–Crippen MR) is 96.1 cm³/mol. The van der Waals surface area contributed by atoms with E-state index in [2.05, 4.69) is 4.98 Å². The molecule has 2 aromatic rings. The SMILES string of the molecule is CC(=O)C1(c2ccccc2)CCN(C(=O)CCCn2ccnc2)CC1. The summed E-state index contributed by atoms with van der Waals surface area (Å²) in [7, 11) is 0. The molecule has 0 atom stereocenters. The number of hydrogen-bond acceptors (Lipinski definition) is 3. The fourth-order valence-electron chi connectivity index (χ4n) is 3.73. The Morgan fingerprint density at radius 3 is 2.48 bits per heavy atom. The number of rotatable bonds is 6. The zero-order valence-electron chi connectivity index (χ0n) is 14.7. The first-order valence-corrected chi connectivity index (χ1v) is 8.92. The molecular formula is C20H25N3O2. The van der Waals surface area contributed by atoms with E-state index in [0.717, 1.165) is 18.5 Å². The van der Waals surface area contributed by atoms with E-state index in [9.17, 15) is 9.59 Å². The van der Waals surface area contributed by atoms with Crippen LogP contribution in [0.15, 0.2) is 49.1 Å². The van der Waals surface area contributed by atoms with Crippen molar-refractivity contribution in [3.8, 4) is 0 Å². The maximum atomic E-state index is 12.5. The Hall–Kier alpha value is -2.43. The number of amides is 1. The van der Waals surface area contributed by atoms with Crippen molar-refractivity contribution in [1.82, 2.24) is 14.5 Å². The maximum Gasteiger partial charge on any atom is 0.222 e. The van der Waals surface area contributed by atoms with Crippen molar-refractivity contribution in [1.29, 1.82) is 0 Å². The van der Waals surface area contributed by atoms with E-state index in [-0.39, 0.29) is 11.7 Å². The largest absolute Gasteiger partial charge is 0.343 e. The van der Waals surface area contributed by atoms with E-state index in [0.29, 0.717) is 32.4 Å². The molecule has 0 saturated carbocycles. The monoisotopic (exact) mass is 339 g/mol. The van der Waals surface area contributed by atoms with Crippen molar-refractivity contribution in [2.45, 2.75) is 44.6 Å². The fourth-order valence-corrected chi connectivity index (χ4v) is 3.73. The van der Waals surface area contributed by atoms with Crippen LogP contribution >= 0.6 is 0 Å². The zero-order valence-corrected chi connectivity index (χ0v) is 14.7. The first kappa shape index (κ1) is 17.4. The molecule has 0 bridgehead atoms. The molecule has 5 heteroatoms. The lowest BCUT2D eigenvalue weighted by molar-refractivity contribution is -0.135. The average molecular weight is 339 g/mol. The summed E-state index contributed by atoms with van der Waals surface area (Å²) in [4.78, 5) is 30.8. The minimum absolute atomic E-state index is 0.185. The Bertz CT molecular complexity index is 702. The van der Waals surface area contributed by atoms with E-state index >= 15 is 0 Å². The summed E-state index contributed by atoms with van der Waals surface area (Å²) in [5, 5.41) is 0. The van der Waals surface area contributed by atoms with Crippen LogP contribution in [0, 0.1) is 0 Å². The van der Waals surface area contributed by atoms with Crippen LogP contribution in [0.4, 0.5) is 0 Å². The lowest BCUT2D eigenvalue weighted by atomic mass is 9.70. The summed E-state index contributed by atoms with van der Waals surface area (Å²) in [5.41, 5.74) is 0.643. The molecular weight excluding hydrogens is 314 g/mol. The van der Waals surface area contributed by atoms with Crippen LogP contribution in [0.3, 0.4) is 0 Å². The van der Waals surface area contributed by atoms with Crippen LogP contribution in [0.25, 0.3) is 0 Å². The molecule has 1 aromatic carbocycles. The molecule has 0 aliphatic carbocycles. The van der Waals surface area contributed by atoms with Crippen LogP contribution in [0.1, 0.15) is 38.2 Å². The van der Waals surface area contributed by atoms with Gasteiger partial charge in [0.1, 0.15) is 5.78 Å². The first-order valence-electron chi connectivity index (χ1n) is 8.92. The minimum Gasteiger partial charge on any atom is -0.343 e. The lowest BCUT2D eigenvalue weighted by Gasteiger charge is -2.40. The number of imidazole rings is 1. The van der Waals surface area contributed by atoms with Crippen molar-refractivity contribution in [2.24, 2.45) is 0 Å². The summed E-state index contributed by atoms with van der Waals surface area (Å²) in [6.45, 7) is 3.79. The quantitative estimate of drug-likeness (QED) is 0.813. The van der Waals surface area contributed by atoms with Crippen molar-refractivity contribution in [2.75, 3.05) is 13.1 Å². The summed E-state index contributed by atoms with van der Waals surface area (Å²) >= 11 is 0. The highest BCUT2D eigenvalue weighted by Crippen LogP contribution is 2.36. The van der Waals surface area contributed by atoms with E-state index in [1.807, 2.05) is 46.0 Å². The number of carbonyl (C=O) groups excluding carboxylic acids is 2. The number of carbonyl (C=O) groups is 2. The van der Waals surface area contributed by atoms with Crippen LogP contribution < -0.4 is 0 Å². The zero-order chi connectivity index (χ0) is 17.7. The Balaban J connectivity index is 1.56. The molecule has 5 nitrogen and oxygen atoms in total. The fraction of sp³-hybridized carbons (Fsp3) is 0.450. The van der Waals surface area contributed by atoms with Gasteiger partial charge in [0.2, 0.25) is 5.91 Å². The second-order valence-corrected chi connectivity index (χ2v) is 6.79. The van der Waals surface area contributed by atoms with Gasteiger partial charge in [0.25, 0.3) is 0 Å². The molecule has 1 aliphatic rings. The molecule has 1 aromatic heterocycles. The van der Waals surface area contributed by atoms with Crippen molar-refractivity contribution in [3.63, 3.8) is 0 Å². The maximum absolute atomic E-state index is 12.5. The topological polar surface area (TPSA) is 55.2 Å². The highest BCUT2D eigenvalue weighted by molar-refractivity contribution is 5.88. The van der Waals surface area contributed by atoms with Gasteiger partial charge in [0.15, 0.2) is 0 Å². The van der Waals surface area contributed by atoms with Gasteiger partial charge in [-0.25, -0.2) is 4.98 Å². The number of nitrogens with zero attached hydrogens (tertiary/aromatic N) is 3. The third-order valence-corrected chi connectivity index (χ3v) is 5.34. The van der Waals surface area contributed by atoms with Crippen LogP contribution in [-0.4, -0.2) is 39.2 Å². The molecule has 25 heavy (non-hydrogen) atoms. The lowest BCUT2D eigenvalue weighted by Crippen LogP contribution is -2.48. The molecule has 0 N–H and O–H groups in total. The number of aromatic nitrogens is 2. The number of aryl methyl sites for hydroxylation is 1. The van der Waals surface area contributed by atoms with Crippen LogP contribution in [0.5, 0.6) is 0 Å². The van der Waals surface area contributed by atoms with Gasteiger partial charge in [-0.2, -0.15) is 0 Å². The van der Waals surface area contributed by atoms with Gasteiger partial charge in [-0.05, 0) is 31.7 Å². The first-order chi connectivity index (χ1) is 12.1. The number of hydrogen-bond donors (Lipinski definition) is 0. The van der Waals surface area contributed by atoms with Crippen LogP contribution in [-0.2, 0) is 21.5 Å².